The van der Waals surface area contributed by atoms with E-state index in [2.05, 4.69) is 10.6 Å². The van der Waals surface area contributed by atoms with Crippen LogP contribution in [0.5, 0.6) is 0 Å². The van der Waals surface area contributed by atoms with Crippen molar-refractivity contribution in [1.29, 1.82) is 5.26 Å². The molecule has 0 bridgehead atoms. The minimum absolute atomic E-state index is 0.160. The summed E-state index contributed by atoms with van der Waals surface area (Å²) in [5, 5.41) is 22.5. The Hall–Kier alpha value is -2.55. The molecule has 20 heavy (non-hydrogen) atoms. The maximum Gasteiger partial charge on any atom is 0.319 e. The molecule has 0 atom stereocenters. The Bertz CT molecular complexity index is 509. The summed E-state index contributed by atoms with van der Waals surface area (Å²) < 4.78 is 0. The molecule has 6 nitrogen and oxygen atoms in total. The van der Waals surface area contributed by atoms with Crippen molar-refractivity contribution < 1.29 is 14.7 Å². The van der Waals surface area contributed by atoms with Crippen molar-refractivity contribution in [1.82, 2.24) is 5.32 Å². The van der Waals surface area contributed by atoms with Gasteiger partial charge in [0, 0.05) is 18.7 Å². The van der Waals surface area contributed by atoms with Crippen molar-refractivity contribution in [3.05, 3.63) is 29.8 Å². The van der Waals surface area contributed by atoms with Gasteiger partial charge in [0.1, 0.15) is 0 Å². The highest BCUT2D eigenvalue weighted by Crippen LogP contribution is 2.09. The molecule has 3 N–H and O–H groups in total. The van der Waals surface area contributed by atoms with Crippen molar-refractivity contribution in [2.24, 2.45) is 0 Å². The van der Waals surface area contributed by atoms with Crippen LogP contribution in [0.2, 0.25) is 0 Å². The van der Waals surface area contributed by atoms with Crippen LogP contribution in [-0.4, -0.2) is 23.7 Å². The summed E-state index contributed by atoms with van der Waals surface area (Å²) in [5.74, 6) is -0.798. The number of nitrogens with one attached hydrogen (secondary N) is 2. The fourth-order valence-corrected chi connectivity index (χ4v) is 1.62. The molecule has 0 saturated carbocycles. The topological polar surface area (TPSA) is 102 Å². The molecule has 0 aliphatic rings. The standard InChI is InChI=1S/C14H17N3O3/c15-10-11-5-4-6-12(9-11)17-14(20)16-8-3-1-2-7-13(18)19/h4-6,9H,1-3,7-8H2,(H,18,19)(H2,16,17,20). The maximum atomic E-state index is 11.6. The molecule has 0 heterocycles. The number of carbonyl (C=O) groups excluding carboxylic acids is 1. The third-order valence-corrected chi connectivity index (χ3v) is 2.60. The molecule has 2 amide bonds. The number of urea groups is 1. The van der Waals surface area contributed by atoms with Crippen LogP contribution in [0.15, 0.2) is 24.3 Å². The highest BCUT2D eigenvalue weighted by Gasteiger charge is 2.02. The van der Waals surface area contributed by atoms with Crippen LogP contribution in [-0.2, 0) is 4.79 Å². The second kappa shape index (κ2) is 8.53. The highest BCUT2D eigenvalue weighted by molar-refractivity contribution is 5.89. The zero-order chi connectivity index (χ0) is 14.8. The highest BCUT2D eigenvalue weighted by atomic mass is 16.4. The molecular weight excluding hydrogens is 258 g/mol. The summed E-state index contributed by atoms with van der Waals surface area (Å²) >= 11 is 0. The van der Waals surface area contributed by atoms with Crippen LogP contribution in [0.25, 0.3) is 0 Å². The van der Waals surface area contributed by atoms with Crippen LogP contribution < -0.4 is 10.6 Å². The third-order valence-electron chi connectivity index (χ3n) is 2.60. The number of anilines is 1. The molecule has 0 aromatic heterocycles. The van der Waals surface area contributed by atoms with E-state index in [1.165, 1.54) is 0 Å². The van der Waals surface area contributed by atoms with Gasteiger partial charge in [0.05, 0.1) is 11.6 Å². The maximum absolute atomic E-state index is 11.6. The van der Waals surface area contributed by atoms with Gasteiger partial charge in [-0.2, -0.15) is 5.26 Å². The van der Waals surface area contributed by atoms with Gasteiger partial charge in [0.25, 0.3) is 0 Å². The van der Waals surface area contributed by atoms with E-state index in [-0.39, 0.29) is 12.5 Å². The van der Waals surface area contributed by atoms with E-state index >= 15 is 0 Å². The molecule has 0 saturated heterocycles. The van der Waals surface area contributed by atoms with Gasteiger partial charge in [-0.05, 0) is 31.0 Å². The Kier molecular flexibility index (Phi) is 6.62. The zero-order valence-corrected chi connectivity index (χ0v) is 11.1. The van der Waals surface area contributed by atoms with Crippen molar-refractivity contribution in [2.75, 3.05) is 11.9 Å². The number of amides is 2. The van der Waals surface area contributed by atoms with Crippen LogP contribution >= 0.6 is 0 Å². The number of nitriles is 1. The lowest BCUT2D eigenvalue weighted by Crippen LogP contribution is -2.29. The van der Waals surface area contributed by atoms with Gasteiger partial charge in [-0.3, -0.25) is 4.79 Å². The number of rotatable bonds is 7. The normalized spacial score (nSPS) is 9.55. The minimum Gasteiger partial charge on any atom is -0.481 e. The molecule has 0 fully saturated rings. The third kappa shape index (κ3) is 6.40. The van der Waals surface area contributed by atoms with Crippen LogP contribution in [0.3, 0.4) is 0 Å². The first-order valence-electron chi connectivity index (χ1n) is 6.38. The van der Waals surface area contributed by atoms with Crippen LogP contribution in [0, 0.1) is 11.3 Å². The number of carboxylic acid groups (broad SMARTS) is 1. The van der Waals surface area contributed by atoms with E-state index in [1.54, 1.807) is 24.3 Å². The molecule has 1 aromatic carbocycles. The number of carbonyl (C=O) groups is 2. The first-order valence-corrected chi connectivity index (χ1v) is 6.38. The number of aliphatic carboxylic acids is 1. The second-order valence-corrected chi connectivity index (χ2v) is 4.28. The molecule has 0 aliphatic heterocycles. The molecule has 0 aliphatic carbocycles. The van der Waals surface area contributed by atoms with Crippen molar-refractivity contribution in [3.63, 3.8) is 0 Å². The van der Waals surface area contributed by atoms with Gasteiger partial charge in [-0.15, -0.1) is 0 Å². The second-order valence-electron chi connectivity index (χ2n) is 4.28. The van der Waals surface area contributed by atoms with Crippen molar-refractivity contribution in [2.45, 2.75) is 25.7 Å². The predicted octanol–water partition coefficient (Wildman–Crippen LogP) is 2.32. The van der Waals surface area contributed by atoms with Gasteiger partial charge < -0.3 is 15.7 Å². The molecule has 1 aromatic rings. The van der Waals surface area contributed by atoms with Gasteiger partial charge in [0.2, 0.25) is 0 Å². The van der Waals surface area contributed by atoms with E-state index in [0.29, 0.717) is 24.2 Å². The first kappa shape index (κ1) is 15.5. The first-order chi connectivity index (χ1) is 9.61. The number of nitrogens with zero attached hydrogens (tertiary/aromatic N) is 1. The van der Waals surface area contributed by atoms with Gasteiger partial charge in [0.15, 0.2) is 0 Å². The number of carboxylic acids is 1. The van der Waals surface area contributed by atoms with Crippen molar-refractivity contribution in [3.8, 4) is 6.07 Å². The lowest BCUT2D eigenvalue weighted by molar-refractivity contribution is -0.137. The molecule has 0 radical (unpaired) electrons. The fraction of sp³-hybridized carbons (Fsp3) is 0.357. The van der Waals surface area contributed by atoms with E-state index < -0.39 is 5.97 Å². The quantitative estimate of drug-likeness (QED) is 0.664. The Morgan fingerprint density at radius 1 is 1.25 bits per heavy atom. The molecular formula is C14H17N3O3. The Labute approximate surface area is 117 Å². The largest absolute Gasteiger partial charge is 0.481 e. The summed E-state index contributed by atoms with van der Waals surface area (Å²) in [6, 6.07) is 8.31. The summed E-state index contributed by atoms with van der Waals surface area (Å²) in [6.45, 7) is 0.489. The summed E-state index contributed by atoms with van der Waals surface area (Å²) in [6.07, 6.45) is 2.27. The van der Waals surface area contributed by atoms with E-state index in [4.69, 9.17) is 10.4 Å². The van der Waals surface area contributed by atoms with Crippen molar-refractivity contribution >= 4 is 17.7 Å². The Morgan fingerprint density at radius 3 is 2.75 bits per heavy atom. The summed E-state index contributed by atoms with van der Waals surface area (Å²) in [4.78, 5) is 21.8. The summed E-state index contributed by atoms with van der Waals surface area (Å²) in [7, 11) is 0. The average Bonchev–Trinajstić information content (AvgIpc) is 2.42. The number of hydrogen-bond acceptors (Lipinski definition) is 3. The lowest BCUT2D eigenvalue weighted by atomic mass is 10.2. The number of hydrogen-bond donors (Lipinski definition) is 3. The molecule has 0 unspecified atom stereocenters. The summed E-state index contributed by atoms with van der Waals surface area (Å²) in [5.41, 5.74) is 1.05. The van der Waals surface area contributed by atoms with Gasteiger partial charge in [-0.25, -0.2) is 4.79 Å². The van der Waals surface area contributed by atoms with E-state index in [0.717, 1.165) is 12.8 Å². The zero-order valence-electron chi connectivity index (χ0n) is 11.1. The molecule has 0 spiro atoms. The van der Waals surface area contributed by atoms with Gasteiger partial charge in [-0.1, -0.05) is 12.5 Å². The number of benzene rings is 1. The van der Waals surface area contributed by atoms with Crippen LogP contribution in [0.1, 0.15) is 31.2 Å². The average molecular weight is 275 g/mol. The lowest BCUT2D eigenvalue weighted by Gasteiger charge is -2.07. The van der Waals surface area contributed by atoms with Crippen LogP contribution in [0.4, 0.5) is 10.5 Å². The minimum atomic E-state index is -0.798. The monoisotopic (exact) mass is 275 g/mol. The SMILES string of the molecule is N#Cc1cccc(NC(=O)NCCCCCC(=O)O)c1. The molecule has 1 rings (SSSR count). The Balaban J connectivity index is 2.20. The number of unbranched alkanes of at least 4 members (excludes halogenated alkanes) is 2. The smallest absolute Gasteiger partial charge is 0.319 e. The van der Waals surface area contributed by atoms with Gasteiger partial charge >= 0.3 is 12.0 Å². The van der Waals surface area contributed by atoms with E-state index in [1.807, 2.05) is 6.07 Å². The fourth-order valence-electron chi connectivity index (χ4n) is 1.62. The molecule has 6 heteroatoms. The molecule has 106 valence electrons. The van der Waals surface area contributed by atoms with E-state index in [9.17, 15) is 9.59 Å². The predicted molar refractivity (Wildman–Crippen MR) is 74.3 cm³/mol. The Morgan fingerprint density at radius 2 is 2.05 bits per heavy atom.